The third-order valence-corrected chi connectivity index (χ3v) is 10.8. The van der Waals surface area contributed by atoms with Gasteiger partial charge in [-0.1, -0.05) is 61.1 Å². The van der Waals surface area contributed by atoms with Gasteiger partial charge in [-0.3, -0.25) is 0 Å². The van der Waals surface area contributed by atoms with Crippen LogP contribution in [0.1, 0.15) is 40.2 Å². The SMILES string of the molecule is CC[Si](C)(C)C(C)=c1c(O[Si](C)(C)C)cc2c(c1NC(C)(C)C)[C-]=c1ccccc1=2.[Cl-].[Cl-].[Ti+3]. The minimum atomic E-state index is -1.80. The summed E-state index contributed by atoms with van der Waals surface area (Å²) in [5, 5.41) is 10.3. The zero-order chi connectivity index (χ0) is 22.5. The molecule has 0 atom stereocenters. The molecule has 2 nitrogen and oxygen atoms in total. The average molecular weight is 556 g/mol. The summed E-state index contributed by atoms with van der Waals surface area (Å²) in [6.07, 6.45) is 3.72. The van der Waals surface area contributed by atoms with Gasteiger partial charge >= 0.3 is 21.7 Å². The molecule has 1 N–H and O–H groups in total. The fourth-order valence-electron chi connectivity index (χ4n) is 3.85. The fraction of sp³-hybridized carbons (Fsp3) is 0.462. The first kappa shape index (κ1) is 32.5. The number of nitrogens with one attached hydrogen (secondary N) is 1. The van der Waals surface area contributed by atoms with Crippen molar-refractivity contribution in [3.8, 4) is 5.75 Å². The Kier molecular flexibility index (Phi) is 11.3. The van der Waals surface area contributed by atoms with Crippen molar-refractivity contribution in [1.29, 1.82) is 0 Å². The second kappa shape index (κ2) is 11.5. The Balaban J connectivity index is 0.00000341. The van der Waals surface area contributed by atoms with Crippen molar-refractivity contribution in [2.45, 2.75) is 78.9 Å². The van der Waals surface area contributed by atoms with Crippen LogP contribution in [0, 0.1) is 10.4 Å². The first-order valence-electron chi connectivity index (χ1n) is 11.1. The van der Waals surface area contributed by atoms with E-state index in [1.807, 2.05) is 0 Å². The molecule has 0 unspecified atom stereocenters. The largest absolute Gasteiger partial charge is 3.00 e. The van der Waals surface area contributed by atoms with E-state index in [0.717, 1.165) is 5.75 Å². The molecular weight excluding hydrogens is 517 g/mol. The standard InChI is InChI=1S/C26H38NOSi2.2ClH.Ti/c1-11-30(9,10)18(2)24-23(28-29(6,7)8)17-21-20-15-13-12-14-19(20)16-22(21)25(24)27-26(3,4)5;;;/h12-15,17,27H,11H2,1-10H3;2*1H;/q-1;;;+3/p-2. The third kappa shape index (κ3) is 7.25. The van der Waals surface area contributed by atoms with Gasteiger partial charge in [-0.25, -0.2) is 0 Å². The van der Waals surface area contributed by atoms with Gasteiger partial charge in [0.05, 0.1) is 13.8 Å². The van der Waals surface area contributed by atoms with Crippen LogP contribution in [0.4, 0.5) is 5.69 Å². The molecule has 2 aromatic rings. The van der Waals surface area contributed by atoms with E-state index in [9.17, 15) is 0 Å². The van der Waals surface area contributed by atoms with E-state index in [0.29, 0.717) is 0 Å². The number of anilines is 1. The number of halogens is 2. The molecule has 0 spiro atoms. The van der Waals surface area contributed by atoms with Gasteiger partial charge in [-0.05, 0) is 58.2 Å². The molecule has 0 aliphatic heterocycles. The zero-order valence-corrected chi connectivity index (χ0v) is 26.8. The second-order valence-electron chi connectivity index (χ2n) is 11.2. The first-order valence-corrected chi connectivity index (χ1v) is 17.7. The van der Waals surface area contributed by atoms with E-state index in [4.69, 9.17) is 4.43 Å². The number of hydrogen-bond acceptors (Lipinski definition) is 2. The molecule has 0 amide bonds. The maximum Gasteiger partial charge on any atom is 3.00 e. The molecule has 7 heteroatoms. The van der Waals surface area contributed by atoms with Crippen LogP contribution in [0.25, 0.3) is 11.3 Å². The summed E-state index contributed by atoms with van der Waals surface area (Å²) in [6.45, 7) is 23.1. The summed E-state index contributed by atoms with van der Waals surface area (Å²) < 4.78 is 6.76. The molecular formula is C26H38Cl2NOSi2Ti. The molecule has 179 valence electrons. The molecule has 0 bridgehead atoms. The van der Waals surface area contributed by atoms with Crippen LogP contribution < -0.4 is 45.0 Å². The van der Waals surface area contributed by atoms with Gasteiger partial charge in [-0.2, -0.15) is 0 Å². The molecule has 0 heterocycles. The van der Waals surface area contributed by atoms with Crippen LogP contribution >= 0.6 is 0 Å². The smallest absolute Gasteiger partial charge is 1.00 e. The van der Waals surface area contributed by atoms with Crippen LogP contribution in [-0.4, -0.2) is 21.9 Å². The van der Waals surface area contributed by atoms with Crippen molar-refractivity contribution in [2.75, 3.05) is 5.32 Å². The Morgan fingerprint density at radius 2 is 1.58 bits per heavy atom. The van der Waals surface area contributed by atoms with E-state index in [1.165, 1.54) is 43.4 Å². The Bertz CT molecular complexity index is 1200. The Hall–Kier alpha value is -0.492. The van der Waals surface area contributed by atoms with E-state index in [1.54, 1.807) is 0 Å². The molecule has 1 radical (unpaired) electrons. The molecule has 0 saturated carbocycles. The van der Waals surface area contributed by atoms with Crippen LogP contribution in [0.2, 0.25) is 38.8 Å². The van der Waals surface area contributed by atoms with Gasteiger partial charge in [0.25, 0.3) is 0 Å². The van der Waals surface area contributed by atoms with Crippen LogP contribution in [-0.2, 0) is 21.7 Å². The Morgan fingerprint density at radius 3 is 2.09 bits per heavy atom. The molecule has 0 saturated heterocycles. The van der Waals surface area contributed by atoms with Crippen molar-refractivity contribution in [1.82, 2.24) is 0 Å². The van der Waals surface area contributed by atoms with Crippen LogP contribution in [0.3, 0.4) is 0 Å². The first-order chi connectivity index (χ1) is 13.7. The minimum absolute atomic E-state index is 0. The summed E-state index contributed by atoms with van der Waals surface area (Å²) in [4.78, 5) is 0. The molecule has 0 aromatic heterocycles. The van der Waals surface area contributed by atoms with E-state index in [-0.39, 0.29) is 52.1 Å². The summed E-state index contributed by atoms with van der Waals surface area (Å²) in [6, 6.07) is 12.1. The summed E-state index contributed by atoms with van der Waals surface area (Å²) >= 11 is 0. The molecule has 0 fully saturated rings. The quantitative estimate of drug-likeness (QED) is 0.350. The van der Waals surface area contributed by atoms with Gasteiger partial charge in [-0.15, -0.1) is 27.8 Å². The molecule has 1 aliphatic rings. The number of rotatable bonds is 5. The number of fused-ring (bicyclic) bond motifs is 2. The van der Waals surface area contributed by atoms with Crippen LogP contribution in [0.15, 0.2) is 30.3 Å². The zero-order valence-electron chi connectivity index (χ0n) is 21.8. The van der Waals surface area contributed by atoms with Gasteiger partial charge in [0.1, 0.15) is 0 Å². The van der Waals surface area contributed by atoms with Gasteiger partial charge < -0.3 is 34.6 Å². The molecule has 3 rings (SSSR count). The van der Waals surface area contributed by atoms with Crippen molar-refractivity contribution in [2.24, 2.45) is 0 Å². The predicted octanol–water partition coefficient (Wildman–Crippen LogP) is -0.140. The predicted molar refractivity (Wildman–Crippen MR) is 137 cm³/mol. The minimum Gasteiger partial charge on any atom is -1.00 e. The maximum absolute atomic E-state index is 6.76. The van der Waals surface area contributed by atoms with Gasteiger partial charge in [0.15, 0.2) is 0 Å². The number of hydrogen-bond donors (Lipinski definition) is 1. The molecule has 33 heavy (non-hydrogen) atoms. The van der Waals surface area contributed by atoms with E-state index >= 15 is 0 Å². The van der Waals surface area contributed by atoms with Gasteiger partial charge in [0.2, 0.25) is 8.32 Å². The van der Waals surface area contributed by atoms with E-state index < -0.39 is 16.4 Å². The topological polar surface area (TPSA) is 21.3 Å². The summed E-state index contributed by atoms with van der Waals surface area (Å²) in [5.74, 6) is 1.05. The summed E-state index contributed by atoms with van der Waals surface area (Å²) in [7, 11) is -3.36. The summed E-state index contributed by atoms with van der Waals surface area (Å²) in [5.41, 5.74) is 2.31. The van der Waals surface area contributed by atoms with E-state index in [2.05, 4.69) is 109 Å². The second-order valence-corrected chi connectivity index (χ2v) is 20.8. The molecule has 1 aliphatic carbocycles. The Labute approximate surface area is 229 Å². The van der Waals surface area contributed by atoms with Crippen LogP contribution in [0.5, 0.6) is 5.75 Å². The average Bonchev–Trinajstić information content (AvgIpc) is 2.97. The fourth-order valence-corrected chi connectivity index (χ4v) is 6.12. The van der Waals surface area contributed by atoms with Crippen molar-refractivity contribution < 1.29 is 51.0 Å². The normalized spacial score (nSPS) is 13.3. The van der Waals surface area contributed by atoms with Crippen molar-refractivity contribution >= 4 is 33.4 Å². The van der Waals surface area contributed by atoms with Crippen molar-refractivity contribution in [3.63, 3.8) is 0 Å². The maximum atomic E-state index is 6.76. The Morgan fingerprint density at radius 1 is 1.00 bits per heavy atom. The van der Waals surface area contributed by atoms with Gasteiger partial charge in [0, 0.05) is 5.54 Å². The third-order valence-electron chi connectivity index (χ3n) is 5.96. The monoisotopic (exact) mass is 554 g/mol. The van der Waals surface area contributed by atoms with Crippen molar-refractivity contribution in [3.05, 3.63) is 56.8 Å². The number of benzene rings is 2. The molecule has 2 aromatic carbocycles.